The van der Waals surface area contributed by atoms with Gasteiger partial charge in [0.2, 0.25) is 17.7 Å². The highest BCUT2D eigenvalue weighted by atomic mass is 19.4. The molecule has 8 aliphatic heterocycles. The molecule has 8 bridgehead atoms. The van der Waals surface area contributed by atoms with Crippen molar-refractivity contribution in [2.45, 2.75) is 127 Å². The lowest BCUT2D eigenvalue weighted by molar-refractivity contribution is -0.168. The number of halogens is 9. The first-order chi connectivity index (χ1) is 61.0. The standard InChI is InChI=1S/C23H26F3N5O5.C21H21N5O2.C20H18F3N7O2.C20H19F3N6O3/c1-13(23(24,25)26)9-18(34)16-5-6-17-21(27-16)31(14-7-8-30(17)10-14)22(35)29-19-3-2-4-20(28-19)36-12-15(33)11-32;1-3-14(2)12-18(27)16-7-8-17-20(23-16)26(15-9-11-25(17)13-15)21(28)24-19-6-4-5-10-22-19;21-20(22,23)6-3-16(31)13-1-2-15-17(26-13)30(11-5-8-29(15)10-11)19(32)28-18-25-9-14-12(27-18)4-7-24-14;21-20(22,23)7-5-15(30)13-2-3-14-18(26-13)29(12-6-8-28(14)10-12)19(32)27-16-4-1-11(9-25-16)17(24)31/h2-6,13-15,32-33H,7-12H2,1H3,(H,28,29,35);1,4-8,10,14-15H,9,11-13H2,2H3,(H,22,24,28);1-2,4,7,9,11,24H,3,5-6,8,10H2,(H,25,27,28,32);1-4,9,12H,5-8,10H2,(H2,24,31)(H,25,27,32)/t13-,14-,15+;14-,15-;11-;12-/m0000/s1. The topological polar surface area (TPSA) is 435 Å². The van der Waals surface area contributed by atoms with Crippen molar-refractivity contribution in [1.29, 1.82) is 0 Å². The predicted molar refractivity (Wildman–Crippen MR) is 449 cm³/mol. The number of carbonyl (C=O) groups is 9. The lowest BCUT2D eigenvalue weighted by atomic mass is 10.0. The third-order valence-electron chi connectivity index (χ3n) is 22.2. The van der Waals surface area contributed by atoms with E-state index in [4.69, 9.17) is 22.0 Å². The number of amides is 9. The number of fused-ring (bicyclic) bond motifs is 17. The third-order valence-corrected chi connectivity index (χ3v) is 22.2. The third kappa shape index (κ3) is 21.0. The molecule has 0 unspecified atom stereocenters. The summed E-state index contributed by atoms with van der Waals surface area (Å²) in [5, 5.41) is 29.1. The number of aliphatic hydroxyl groups excluding tert-OH is 2. The molecule has 17 heterocycles. The Morgan fingerprint density at radius 2 is 0.953 bits per heavy atom. The molecule has 0 aromatic carbocycles. The molecule has 17 rings (SSSR count). The number of urea groups is 4. The molecule has 8 aliphatic rings. The molecular formula is C84H84F9N23O12. The molecule has 4 fully saturated rings. The van der Waals surface area contributed by atoms with E-state index in [1.807, 2.05) is 33.8 Å². The number of alkyl halides is 9. The minimum absolute atomic E-state index is 0.0127. The normalized spacial score (nSPS) is 17.8. The van der Waals surface area contributed by atoms with Crippen LogP contribution in [0.2, 0.25) is 0 Å². The Labute approximate surface area is 723 Å². The number of nitrogens with two attached hydrogens (primary N) is 1. The van der Waals surface area contributed by atoms with Crippen molar-refractivity contribution in [2.75, 3.05) is 126 Å². The largest absolute Gasteiger partial charge is 0.475 e. The van der Waals surface area contributed by atoms with Gasteiger partial charge in [0.25, 0.3) is 0 Å². The van der Waals surface area contributed by atoms with Gasteiger partial charge in [0.15, 0.2) is 46.4 Å². The second-order valence-corrected chi connectivity index (χ2v) is 31.2. The van der Waals surface area contributed by atoms with Crippen LogP contribution in [0.25, 0.3) is 11.0 Å². The number of anilines is 12. The average Bonchev–Trinajstić information content (AvgIpc) is 1.58. The molecule has 9 N–H and O–H groups in total. The van der Waals surface area contributed by atoms with E-state index in [2.05, 4.69) is 81.9 Å². The van der Waals surface area contributed by atoms with Crippen molar-refractivity contribution in [1.82, 2.24) is 49.8 Å². The molecule has 0 spiro atoms. The summed E-state index contributed by atoms with van der Waals surface area (Å²) in [7, 11) is 0. The molecule has 7 atom stereocenters. The van der Waals surface area contributed by atoms with Crippen LogP contribution in [-0.4, -0.2) is 228 Å². The summed E-state index contributed by atoms with van der Waals surface area (Å²) in [6.45, 7) is 7.48. The number of aromatic amines is 1. The summed E-state index contributed by atoms with van der Waals surface area (Å²) in [6.07, 6.45) is -4.48. The fraction of sp³-hybridized carbons (Fsp3) is 0.381. The van der Waals surface area contributed by atoms with Crippen molar-refractivity contribution in [3.8, 4) is 18.2 Å². The summed E-state index contributed by atoms with van der Waals surface area (Å²) in [4.78, 5) is 169. The van der Waals surface area contributed by atoms with Crippen molar-refractivity contribution in [3.05, 3.63) is 156 Å². The first kappa shape index (κ1) is 90.0. The van der Waals surface area contributed by atoms with E-state index in [0.29, 0.717) is 98.4 Å². The highest BCUT2D eigenvalue weighted by Crippen LogP contribution is 2.45. The summed E-state index contributed by atoms with van der Waals surface area (Å²) >= 11 is 0. The Kier molecular flexibility index (Phi) is 26.7. The van der Waals surface area contributed by atoms with Crippen LogP contribution < -0.4 is 70.9 Å². The number of Topliss-reactive ketones (excluding diaryl/α,β-unsaturated/α-hetero) is 4. The van der Waals surface area contributed by atoms with Gasteiger partial charge in [-0.2, -0.15) is 44.5 Å². The first-order valence-corrected chi connectivity index (χ1v) is 40.6. The second kappa shape index (κ2) is 37.9. The van der Waals surface area contributed by atoms with Gasteiger partial charge in [-0.15, -0.1) is 12.3 Å². The molecule has 0 aliphatic carbocycles. The van der Waals surface area contributed by atoms with E-state index in [0.717, 1.165) is 37.6 Å². The maximum Gasteiger partial charge on any atom is 0.391 e. The molecule has 44 heteroatoms. The number of ether oxygens (including phenoxy) is 1. The van der Waals surface area contributed by atoms with Gasteiger partial charge < -0.3 is 45.3 Å². The minimum Gasteiger partial charge on any atom is -0.475 e. The van der Waals surface area contributed by atoms with Crippen LogP contribution in [0.5, 0.6) is 5.88 Å². The quantitative estimate of drug-likeness (QED) is 0.0188. The molecule has 0 saturated carbocycles. The molecular weight excluding hydrogens is 1690 g/mol. The summed E-state index contributed by atoms with van der Waals surface area (Å²) in [5.74, 6) is -0.190. The minimum atomic E-state index is -4.50. The number of aliphatic hydroxyl groups is 2. The van der Waals surface area contributed by atoms with Crippen LogP contribution >= 0.6 is 0 Å². The van der Waals surface area contributed by atoms with Crippen molar-refractivity contribution >= 4 is 134 Å². The zero-order chi connectivity index (χ0) is 91.2. The lowest BCUT2D eigenvalue weighted by Gasteiger charge is -2.35. The summed E-state index contributed by atoms with van der Waals surface area (Å²) < 4.78 is 119. The average molecular weight is 1780 g/mol. The Morgan fingerprint density at radius 3 is 1.37 bits per heavy atom. The Hall–Kier alpha value is -14.3. The molecule has 35 nitrogen and oxygen atoms in total. The first-order valence-electron chi connectivity index (χ1n) is 40.6. The SMILES string of the molecule is C#C[C@H](C)CC(=O)c1ccc2c(n1)N(C(=O)Nc1ccccn1)[C@H]1CCN2C1.C[C@@H](CC(=O)c1ccc2c(n1)N(C(=O)Nc1cccc(OC[C@H](O)CO)n1)[C@H]1CCN2C1)C(F)(F)F.NC(=O)c1ccc(NC(=O)N2c3nc(C(=O)CCC(F)(F)F)ccc3N3CC[C@H]2C3)nc1.O=C(CCC(F)(F)F)c1ccc2c(n1)N(C(=O)Nc1ncc3[nH]ccc3n1)[C@H]1CCN2C1. The number of hydrogen-bond donors (Lipinski definition) is 8. The summed E-state index contributed by atoms with van der Waals surface area (Å²) in [6, 6.07) is 24.6. The number of pyridine rings is 7. The number of rotatable bonds is 21. The van der Waals surface area contributed by atoms with Crippen molar-refractivity contribution in [3.63, 3.8) is 0 Å². The van der Waals surface area contributed by atoms with Crippen LogP contribution in [0.4, 0.5) is 128 Å². The molecule has 9 aromatic rings. The van der Waals surface area contributed by atoms with Crippen LogP contribution in [-0.2, 0) is 0 Å². The monoisotopic (exact) mass is 1780 g/mol. The Morgan fingerprint density at radius 1 is 0.516 bits per heavy atom. The number of carbonyl (C=O) groups excluding carboxylic acids is 9. The molecule has 670 valence electrons. The fourth-order valence-corrected chi connectivity index (χ4v) is 15.6. The maximum absolute atomic E-state index is 13.3. The van der Waals surface area contributed by atoms with Gasteiger partial charge in [-0.3, -0.25) is 64.8 Å². The van der Waals surface area contributed by atoms with Crippen molar-refractivity contribution < 1.29 is 97.6 Å². The van der Waals surface area contributed by atoms with Crippen LogP contribution in [0.1, 0.15) is 130 Å². The van der Waals surface area contributed by atoms with E-state index < -0.39 is 111 Å². The molecule has 128 heavy (non-hydrogen) atoms. The van der Waals surface area contributed by atoms with Crippen molar-refractivity contribution in [2.24, 2.45) is 17.6 Å². The molecule has 9 amide bonds. The highest BCUT2D eigenvalue weighted by molar-refractivity contribution is 6.09. The predicted octanol–water partition coefficient (Wildman–Crippen LogP) is 11.8. The van der Waals surface area contributed by atoms with E-state index in [1.165, 1.54) is 63.4 Å². The zero-order valence-electron chi connectivity index (χ0n) is 68.4. The van der Waals surface area contributed by atoms with E-state index in [9.17, 15) is 87.8 Å². The number of terminal acetylenes is 1. The molecule has 4 saturated heterocycles. The fourth-order valence-electron chi connectivity index (χ4n) is 15.6. The van der Waals surface area contributed by atoms with E-state index >= 15 is 0 Å². The maximum atomic E-state index is 13.3. The Bertz CT molecular complexity index is 5750. The van der Waals surface area contributed by atoms with E-state index in [-0.39, 0.29) is 118 Å². The van der Waals surface area contributed by atoms with Gasteiger partial charge in [0.05, 0.1) is 95.1 Å². The number of nitrogens with zero attached hydrogens (tertiary/aromatic N) is 17. The second-order valence-electron chi connectivity index (χ2n) is 31.2. The number of nitrogens with one attached hydrogen (secondary N) is 5. The van der Waals surface area contributed by atoms with E-state index in [1.54, 1.807) is 72.0 Å². The number of aromatic nitrogens is 10. The van der Waals surface area contributed by atoms with Crippen LogP contribution in [0.3, 0.4) is 0 Å². The number of primary amides is 1. The lowest BCUT2D eigenvalue weighted by Crippen LogP contribution is -2.48. The van der Waals surface area contributed by atoms with Crippen LogP contribution in [0, 0.1) is 24.2 Å². The number of ketones is 4. The molecule has 0 radical (unpaired) electrons. The van der Waals surface area contributed by atoms with Crippen LogP contribution in [0.15, 0.2) is 128 Å². The highest BCUT2D eigenvalue weighted by Gasteiger charge is 2.47. The zero-order valence-corrected chi connectivity index (χ0v) is 68.4. The smallest absolute Gasteiger partial charge is 0.391 e. The number of H-pyrrole nitrogens is 1. The van der Waals surface area contributed by atoms with Gasteiger partial charge in [-0.25, -0.2) is 59.0 Å². The Balaban J connectivity index is 0.000000139. The summed E-state index contributed by atoms with van der Waals surface area (Å²) in [5.41, 5.74) is 9.45. The van der Waals surface area contributed by atoms with Gasteiger partial charge >= 0.3 is 42.7 Å². The number of hydrogen-bond acceptors (Lipinski definition) is 25. The van der Waals surface area contributed by atoms with Gasteiger partial charge in [0.1, 0.15) is 52.9 Å². The van der Waals surface area contributed by atoms with Gasteiger partial charge in [-0.1, -0.05) is 26.0 Å². The van der Waals surface area contributed by atoms with Gasteiger partial charge in [0, 0.05) is 109 Å². The van der Waals surface area contributed by atoms with Gasteiger partial charge in [-0.05, 0) is 111 Å². The molecule has 9 aromatic heterocycles.